The number of rotatable bonds is 11. The largest absolute Gasteiger partial charge is 0.464 e. The summed E-state index contributed by atoms with van der Waals surface area (Å²) in [6.07, 6.45) is 3.57. The van der Waals surface area contributed by atoms with Crippen LogP contribution in [0, 0.1) is 5.92 Å². The fourth-order valence-electron chi connectivity index (χ4n) is 1.80. The molecule has 2 N–H and O–H groups in total. The molecule has 0 unspecified atom stereocenters. The molecule has 0 aromatic heterocycles. The number of carbonyl (C=O) groups excluding carboxylic acids is 3. The molecular weight excluding hydrogens is 284 g/mol. The number of amides is 2. The lowest BCUT2D eigenvalue weighted by molar-refractivity contribution is -0.148. The summed E-state index contributed by atoms with van der Waals surface area (Å²) in [6.45, 7) is 8.20. The summed E-state index contributed by atoms with van der Waals surface area (Å²) in [6, 6.07) is -0.767. The van der Waals surface area contributed by atoms with Crippen LogP contribution < -0.4 is 10.6 Å². The number of esters is 1. The van der Waals surface area contributed by atoms with E-state index >= 15 is 0 Å². The molecule has 1 atom stereocenters. The van der Waals surface area contributed by atoms with Gasteiger partial charge < -0.3 is 15.4 Å². The van der Waals surface area contributed by atoms with Crippen molar-refractivity contribution in [3.8, 4) is 0 Å². The van der Waals surface area contributed by atoms with Crippen molar-refractivity contribution in [2.75, 3.05) is 13.2 Å². The summed E-state index contributed by atoms with van der Waals surface area (Å²) in [7, 11) is 0. The molecule has 0 bridgehead atoms. The number of nitrogens with one attached hydrogen (secondary N) is 2. The minimum absolute atomic E-state index is 0.107. The van der Waals surface area contributed by atoms with Gasteiger partial charge in [0.25, 0.3) is 0 Å². The van der Waals surface area contributed by atoms with Gasteiger partial charge in [0.2, 0.25) is 11.8 Å². The Morgan fingerprint density at radius 2 is 1.77 bits per heavy atom. The molecule has 6 heteroatoms. The van der Waals surface area contributed by atoms with E-state index in [0.29, 0.717) is 6.54 Å². The minimum Gasteiger partial charge on any atom is -0.464 e. The second-order valence-electron chi connectivity index (χ2n) is 5.56. The van der Waals surface area contributed by atoms with E-state index in [2.05, 4.69) is 17.6 Å². The molecule has 0 aliphatic heterocycles. The van der Waals surface area contributed by atoms with Gasteiger partial charge in [-0.2, -0.15) is 0 Å². The third-order valence-corrected chi connectivity index (χ3v) is 3.17. The second-order valence-corrected chi connectivity index (χ2v) is 5.56. The molecule has 0 heterocycles. The Balaban J connectivity index is 4.30. The normalized spacial score (nSPS) is 11.9. The number of carbonyl (C=O) groups is 3. The van der Waals surface area contributed by atoms with E-state index in [1.54, 1.807) is 20.8 Å². The van der Waals surface area contributed by atoms with Crippen LogP contribution in [0.15, 0.2) is 0 Å². The lowest BCUT2D eigenvalue weighted by Crippen LogP contribution is -2.44. The van der Waals surface area contributed by atoms with Crippen molar-refractivity contribution in [1.82, 2.24) is 10.6 Å². The number of hydrogen-bond donors (Lipinski definition) is 2. The third kappa shape index (κ3) is 9.37. The lowest BCUT2D eigenvalue weighted by atomic mass is 10.1. The Bertz CT molecular complexity index is 356. The third-order valence-electron chi connectivity index (χ3n) is 3.17. The topological polar surface area (TPSA) is 84.5 Å². The summed E-state index contributed by atoms with van der Waals surface area (Å²) in [5.41, 5.74) is 0. The highest BCUT2D eigenvalue weighted by Gasteiger charge is 2.23. The van der Waals surface area contributed by atoms with E-state index in [-0.39, 0.29) is 37.2 Å². The quantitative estimate of drug-likeness (QED) is 0.450. The Morgan fingerprint density at radius 1 is 1.09 bits per heavy atom. The average molecular weight is 314 g/mol. The van der Waals surface area contributed by atoms with E-state index in [1.165, 1.54) is 0 Å². The highest BCUT2D eigenvalue weighted by atomic mass is 16.5. The molecule has 0 spiro atoms. The Morgan fingerprint density at radius 3 is 2.32 bits per heavy atom. The fourth-order valence-corrected chi connectivity index (χ4v) is 1.80. The van der Waals surface area contributed by atoms with Crippen molar-refractivity contribution in [1.29, 1.82) is 0 Å². The van der Waals surface area contributed by atoms with Gasteiger partial charge in [-0.3, -0.25) is 9.59 Å². The molecule has 0 fully saturated rings. The van der Waals surface area contributed by atoms with Crippen LogP contribution in [0.3, 0.4) is 0 Å². The Kier molecular flexibility index (Phi) is 11.1. The van der Waals surface area contributed by atoms with E-state index in [4.69, 9.17) is 4.74 Å². The van der Waals surface area contributed by atoms with Gasteiger partial charge in [0.15, 0.2) is 0 Å². The first-order valence-corrected chi connectivity index (χ1v) is 8.16. The van der Waals surface area contributed by atoms with Gasteiger partial charge in [-0.25, -0.2) is 4.79 Å². The highest BCUT2D eigenvalue weighted by Crippen LogP contribution is 2.03. The maximum absolute atomic E-state index is 11.8. The summed E-state index contributed by atoms with van der Waals surface area (Å²) in [5, 5.41) is 5.46. The summed E-state index contributed by atoms with van der Waals surface area (Å²) < 4.78 is 4.94. The van der Waals surface area contributed by atoms with Crippen molar-refractivity contribution in [2.45, 2.75) is 65.8 Å². The van der Waals surface area contributed by atoms with Gasteiger partial charge in [-0.15, -0.1) is 0 Å². The fraction of sp³-hybridized carbons (Fsp3) is 0.812. The number of hydrogen-bond acceptors (Lipinski definition) is 4. The van der Waals surface area contributed by atoms with Gasteiger partial charge >= 0.3 is 5.97 Å². The first-order chi connectivity index (χ1) is 10.4. The smallest absolute Gasteiger partial charge is 0.328 e. The van der Waals surface area contributed by atoms with E-state index in [9.17, 15) is 14.4 Å². The van der Waals surface area contributed by atoms with Crippen LogP contribution in [0.1, 0.15) is 59.8 Å². The standard InChI is InChI=1S/C16H30N2O4/c1-5-7-8-11-17-14(19)10-9-13(16(21)22-6-2)18-15(20)12(3)4/h12-13H,5-11H2,1-4H3,(H,17,19)(H,18,20)/t13-/m1/s1. The molecule has 2 amide bonds. The lowest BCUT2D eigenvalue weighted by Gasteiger charge is -2.18. The minimum atomic E-state index is -0.767. The molecule has 0 aliphatic rings. The molecule has 0 rings (SSSR count). The molecule has 22 heavy (non-hydrogen) atoms. The zero-order valence-electron chi connectivity index (χ0n) is 14.2. The van der Waals surface area contributed by atoms with Crippen LogP contribution in [0.5, 0.6) is 0 Å². The van der Waals surface area contributed by atoms with Crippen molar-refractivity contribution in [2.24, 2.45) is 5.92 Å². The molecule has 6 nitrogen and oxygen atoms in total. The summed E-state index contributed by atoms with van der Waals surface area (Å²) in [4.78, 5) is 35.3. The summed E-state index contributed by atoms with van der Waals surface area (Å²) in [5.74, 6) is -1.04. The average Bonchev–Trinajstić information content (AvgIpc) is 2.47. The van der Waals surface area contributed by atoms with Gasteiger partial charge in [-0.05, 0) is 19.8 Å². The molecule has 0 radical (unpaired) electrons. The predicted octanol–water partition coefficient (Wildman–Crippen LogP) is 1.78. The first-order valence-electron chi connectivity index (χ1n) is 8.16. The Hall–Kier alpha value is -1.59. The summed E-state index contributed by atoms with van der Waals surface area (Å²) >= 11 is 0. The van der Waals surface area contributed by atoms with Crippen LogP contribution in [0.2, 0.25) is 0 Å². The van der Waals surface area contributed by atoms with Gasteiger partial charge in [0.05, 0.1) is 6.61 Å². The monoisotopic (exact) mass is 314 g/mol. The van der Waals surface area contributed by atoms with Crippen molar-refractivity contribution < 1.29 is 19.1 Å². The molecule has 0 saturated carbocycles. The second kappa shape index (κ2) is 12.0. The molecule has 0 saturated heterocycles. The van der Waals surface area contributed by atoms with Gasteiger partial charge in [-0.1, -0.05) is 33.6 Å². The van der Waals surface area contributed by atoms with Crippen LogP contribution >= 0.6 is 0 Å². The van der Waals surface area contributed by atoms with Gasteiger partial charge in [0, 0.05) is 18.9 Å². The van der Waals surface area contributed by atoms with Crippen molar-refractivity contribution >= 4 is 17.8 Å². The van der Waals surface area contributed by atoms with Crippen molar-refractivity contribution in [3.63, 3.8) is 0 Å². The molecule has 0 aromatic carbocycles. The van der Waals surface area contributed by atoms with Crippen molar-refractivity contribution in [3.05, 3.63) is 0 Å². The molecule has 0 aliphatic carbocycles. The first kappa shape index (κ1) is 20.4. The maximum atomic E-state index is 11.8. The molecule has 0 aromatic rings. The highest BCUT2D eigenvalue weighted by molar-refractivity contribution is 5.86. The number of unbranched alkanes of at least 4 members (excludes halogenated alkanes) is 2. The van der Waals surface area contributed by atoms with E-state index < -0.39 is 12.0 Å². The zero-order valence-corrected chi connectivity index (χ0v) is 14.2. The number of ether oxygens (including phenoxy) is 1. The zero-order chi connectivity index (χ0) is 17.0. The van der Waals surface area contributed by atoms with Crippen LogP contribution in [0.25, 0.3) is 0 Å². The van der Waals surface area contributed by atoms with Crippen LogP contribution in [-0.4, -0.2) is 37.0 Å². The van der Waals surface area contributed by atoms with E-state index in [0.717, 1.165) is 19.3 Å². The van der Waals surface area contributed by atoms with Gasteiger partial charge in [0.1, 0.15) is 6.04 Å². The van der Waals surface area contributed by atoms with Crippen LogP contribution in [0.4, 0.5) is 0 Å². The van der Waals surface area contributed by atoms with E-state index in [1.807, 2.05) is 0 Å². The maximum Gasteiger partial charge on any atom is 0.328 e. The predicted molar refractivity (Wildman–Crippen MR) is 85.2 cm³/mol. The van der Waals surface area contributed by atoms with Crippen LogP contribution in [-0.2, 0) is 19.1 Å². The SMILES string of the molecule is CCCCCNC(=O)CC[C@@H](NC(=O)C(C)C)C(=O)OCC. The molecule has 128 valence electrons. The molecular formula is C16H30N2O4. The Labute approximate surface area is 133 Å².